The number of nitriles is 1. The molecule has 0 spiro atoms. The van der Waals surface area contributed by atoms with Gasteiger partial charge in [-0.1, -0.05) is 41.9 Å². The maximum atomic E-state index is 9.59. The Morgan fingerprint density at radius 3 is 2.21 bits per heavy atom. The first-order valence-corrected chi connectivity index (χ1v) is 9.72. The van der Waals surface area contributed by atoms with Crippen molar-refractivity contribution in [2.45, 2.75) is 6.54 Å². The molecule has 0 radical (unpaired) electrons. The second kappa shape index (κ2) is 7.87. The number of piperazine rings is 1. The smallest absolute Gasteiger partial charge is 0.133 e. The van der Waals surface area contributed by atoms with Crippen molar-refractivity contribution in [2.75, 3.05) is 41.7 Å². The molecule has 1 aliphatic heterocycles. The van der Waals surface area contributed by atoms with E-state index >= 15 is 0 Å². The van der Waals surface area contributed by atoms with Crippen molar-refractivity contribution in [3.05, 3.63) is 76.9 Å². The monoisotopic (exact) mass is 391 g/mol. The largest absolute Gasteiger partial charge is 0.396 e. The van der Waals surface area contributed by atoms with Gasteiger partial charge >= 0.3 is 0 Å². The van der Waals surface area contributed by atoms with Crippen molar-refractivity contribution in [2.24, 2.45) is 0 Å². The van der Waals surface area contributed by atoms with Crippen LogP contribution in [0.15, 0.2) is 60.7 Å². The number of halogens is 1. The number of benzene rings is 2. The summed E-state index contributed by atoms with van der Waals surface area (Å²) in [5.74, 6) is 0.930. The summed E-state index contributed by atoms with van der Waals surface area (Å²) in [4.78, 5) is 4.66. The Bertz CT molecular complexity index is 980. The van der Waals surface area contributed by atoms with Crippen LogP contribution < -0.4 is 15.5 Å². The molecule has 1 aliphatic rings. The highest BCUT2D eigenvalue weighted by atomic mass is 35.5. The second-order valence-corrected chi connectivity index (χ2v) is 7.38. The minimum atomic E-state index is 0.577. The summed E-state index contributed by atoms with van der Waals surface area (Å²) < 4.78 is 2.01. The van der Waals surface area contributed by atoms with E-state index in [4.69, 9.17) is 17.3 Å². The molecule has 0 bridgehead atoms. The van der Waals surface area contributed by atoms with Gasteiger partial charge in [-0.15, -0.1) is 0 Å². The van der Waals surface area contributed by atoms with Crippen LogP contribution in [0, 0.1) is 11.3 Å². The van der Waals surface area contributed by atoms with Crippen LogP contribution in [0.1, 0.15) is 11.3 Å². The molecule has 28 heavy (non-hydrogen) atoms. The van der Waals surface area contributed by atoms with Crippen molar-refractivity contribution < 1.29 is 0 Å². The van der Waals surface area contributed by atoms with Gasteiger partial charge in [-0.3, -0.25) is 0 Å². The first-order chi connectivity index (χ1) is 13.7. The quantitative estimate of drug-likeness (QED) is 0.731. The van der Waals surface area contributed by atoms with E-state index in [-0.39, 0.29) is 0 Å². The molecule has 2 N–H and O–H groups in total. The fourth-order valence-electron chi connectivity index (χ4n) is 3.75. The molecule has 2 aromatic carbocycles. The molecule has 4 rings (SSSR count). The molecule has 1 saturated heterocycles. The first kappa shape index (κ1) is 18.3. The van der Waals surface area contributed by atoms with Gasteiger partial charge in [0.25, 0.3) is 0 Å². The Hall–Kier alpha value is -3.10. The van der Waals surface area contributed by atoms with Crippen molar-refractivity contribution in [3.8, 4) is 6.07 Å². The average molecular weight is 392 g/mol. The summed E-state index contributed by atoms with van der Waals surface area (Å²) in [6, 6.07) is 22.2. The van der Waals surface area contributed by atoms with Crippen LogP contribution in [-0.2, 0) is 6.54 Å². The summed E-state index contributed by atoms with van der Waals surface area (Å²) in [5, 5.41) is 10.3. The van der Waals surface area contributed by atoms with Crippen molar-refractivity contribution >= 4 is 28.8 Å². The molecular formula is C22H22ClN5. The van der Waals surface area contributed by atoms with Crippen LogP contribution in [-0.4, -0.2) is 30.7 Å². The summed E-state index contributed by atoms with van der Waals surface area (Å²) in [6.07, 6.45) is 0. The highest BCUT2D eigenvalue weighted by molar-refractivity contribution is 6.30. The predicted molar refractivity (Wildman–Crippen MR) is 115 cm³/mol. The van der Waals surface area contributed by atoms with Crippen LogP contribution >= 0.6 is 11.6 Å². The molecular weight excluding hydrogens is 370 g/mol. The maximum Gasteiger partial charge on any atom is 0.133 e. The van der Waals surface area contributed by atoms with Crippen LogP contribution in [0.25, 0.3) is 0 Å². The van der Waals surface area contributed by atoms with Gasteiger partial charge in [0, 0.05) is 36.9 Å². The lowest BCUT2D eigenvalue weighted by Crippen LogP contribution is -2.47. The van der Waals surface area contributed by atoms with E-state index in [0.717, 1.165) is 37.6 Å². The van der Waals surface area contributed by atoms with Gasteiger partial charge in [0.05, 0.1) is 12.2 Å². The number of nitrogens with two attached hydrogens (primary N) is 1. The Morgan fingerprint density at radius 1 is 0.929 bits per heavy atom. The molecule has 0 aliphatic carbocycles. The summed E-state index contributed by atoms with van der Waals surface area (Å²) in [7, 11) is 0. The van der Waals surface area contributed by atoms with E-state index in [1.807, 2.05) is 34.9 Å². The Morgan fingerprint density at radius 2 is 1.57 bits per heavy atom. The molecule has 5 nitrogen and oxygen atoms in total. The molecule has 3 aromatic rings. The van der Waals surface area contributed by atoms with E-state index in [2.05, 4.69) is 40.1 Å². The fraction of sp³-hybridized carbons (Fsp3) is 0.227. The number of nitrogens with zero attached hydrogens (tertiary/aromatic N) is 4. The number of nitrogen functional groups attached to an aromatic ring is 1. The first-order valence-electron chi connectivity index (χ1n) is 9.34. The van der Waals surface area contributed by atoms with Gasteiger partial charge in [-0.2, -0.15) is 5.26 Å². The van der Waals surface area contributed by atoms with Gasteiger partial charge in [0.2, 0.25) is 0 Å². The lowest BCUT2D eigenvalue weighted by molar-refractivity contribution is 0.630. The fourth-order valence-corrected chi connectivity index (χ4v) is 3.88. The van der Waals surface area contributed by atoms with Gasteiger partial charge in [-0.05, 0) is 35.9 Å². The van der Waals surface area contributed by atoms with Gasteiger partial charge in [0.1, 0.15) is 17.6 Å². The minimum absolute atomic E-state index is 0.577. The minimum Gasteiger partial charge on any atom is -0.396 e. The van der Waals surface area contributed by atoms with Crippen LogP contribution in [0.5, 0.6) is 0 Å². The number of rotatable bonds is 4. The van der Waals surface area contributed by atoms with Gasteiger partial charge in [-0.25, -0.2) is 0 Å². The Kier molecular flexibility index (Phi) is 5.14. The van der Waals surface area contributed by atoms with Crippen LogP contribution in [0.3, 0.4) is 0 Å². The van der Waals surface area contributed by atoms with Crippen LogP contribution in [0.2, 0.25) is 5.02 Å². The van der Waals surface area contributed by atoms with E-state index in [9.17, 15) is 5.26 Å². The zero-order valence-corrected chi connectivity index (χ0v) is 16.3. The van der Waals surface area contributed by atoms with E-state index < -0.39 is 0 Å². The standard InChI is InChI=1S/C22H22ClN5/c23-18-8-6-17(7-9-18)16-28-20(15-24)14-21(25)22(28)27-12-10-26(11-13-27)19-4-2-1-3-5-19/h1-9,14H,10-13,16,25H2. The number of hydrogen-bond acceptors (Lipinski definition) is 4. The zero-order chi connectivity index (χ0) is 19.5. The molecule has 1 fully saturated rings. The Labute approximate surface area is 170 Å². The van der Waals surface area contributed by atoms with Crippen LogP contribution in [0.4, 0.5) is 17.2 Å². The predicted octanol–water partition coefficient (Wildman–Crippen LogP) is 3.97. The van der Waals surface area contributed by atoms with Crippen molar-refractivity contribution in [1.29, 1.82) is 5.26 Å². The third-order valence-electron chi connectivity index (χ3n) is 5.17. The van der Waals surface area contributed by atoms with E-state index in [0.29, 0.717) is 22.9 Å². The number of hydrogen-bond donors (Lipinski definition) is 1. The molecule has 0 unspecified atom stereocenters. The average Bonchev–Trinajstić information content (AvgIpc) is 3.05. The van der Waals surface area contributed by atoms with Crippen molar-refractivity contribution in [3.63, 3.8) is 0 Å². The number of aromatic nitrogens is 1. The third-order valence-corrected chi connectivity index (χ3v) is 5.42. The highest BCUT2D eigenvalue weighted by Crippen LogP contribution is 2.30. The van der Waals surface area contributed by atoms with Gasteiger partial charge < -0.3 is 20.1 Å². The molecule has 2 heterocycles. The second-order valence-electron chi connectivity index (χ2n) is 6.94. The summed E-state index contributed by atoms with van der Waals surface area (Å²) in [5.41, 5.74) is 9.88. The van der Waals surface area contributed by atoms with Gasteiger partial charge in [0.15, 0.2) is 0 Å². The highest BCUT2D eigenvalue weighted by Gasteiger charge is 2.24. The lowest BCUT2D eigenvalue weighted by Gasteiger charge is -2.38. The molecule has 0 atom stereocenters. The van der Waals surface area contributed by atoms with E-state index in [1.165, 1.54) is 5.69 Å². The number of para-hydroxylation sites is 1. The third kappa shape index (κ3) is 3.64. The van der Waals surface area contributed by atoms with E-state index in [1.54, 1.807) is 6.07 Å². The Balaban J connectivity index is 1.57. The maximum absolute atomic E-state index is 9.59. The molecule has 142 valence electrons. The molecule has 1 aromatic heterocycles. The zero-order valence-electron chi connectivity index (χ0n) is 15.6. The summed E-state index contributed by atoms with van der Waals surface area (Å²) in [6.45, 7) is 4.13. The molecule has 0 saturated carbocycles. The summed E-state index contributed by atoms with van der Waals surface area (Å²) >= 11 is 6.00. The molecule has 0 amide bonds. The SMILES string of the molecule is N#Cc1cc(N)c(N2CCN(c3ccccc3)CC2)n1Cc1ccc(Cl)cc1. The lowest BCUT2D eigenvalue weighted by atomic mass is 10.2. The topological polar surface area (TPSA) is 61.2 Å². The van der Waals surface area contributed by atoms with Crippen molar-refractivity contribution in [1.82, 2.24) is 4.57 Å². The molecule has 6 heteroatoms. The normalized spacial score (nSPS) is 14.1. The number of anilines is 3.